The van der Waals surface area contributed by atoms with Crippen molar-refractivity contribution in [1.82, 2.24) is 4.31 Å². The van der Waals surface area contributed by atoms with Crippen LogP contribution in [0.3, 0.4) is 0 Å². The third-order valence-corrected chi connectivity index (χ3v) is 4.62. The number of benzene rings is 1. The molecule has 6 heteroatoms. The van der Waals surface area contributed by atoms with Crippen molar-refractivity contribution >= 4 is 15.7 Å². The highest BCUT2D eigenvalue weighted by Gasteiger charge is 2.26. The van der Waals surface area contributed by atoms with Crippen molar-refractivity contribution < 1.29 is 12.8 Å². The van der Waals surface area contributed by atoms with Crippen LogP contribution in [0.4, 0.5) is 10.1 Å². The fraction of sp³-hybridized carbons (Fsp3) is 0.455. The van der Waals surface area contributed by atoms with E-state index in [9.17, 15) is 12.8 Å². The molecule has 0 unspecified atom stereocenters. The molecule has 0 amide bonds. The van der Waals surface area contributed by atoms with Gasteiger partial charge in [-0.1, -0.05) is 13.8 Å². The monoisotopic (exact) mass is 260 g/mol. The summed E-state index contributed by atoms with van der Waals surface area (Å²) in [6, 6.07) is 2.58. The molecule has 0 aliphatic heterocycles. The second-order valence-electron chi connectivity index (χ2n) is 3.74. The van der Waals surface area contributed by atoms with E-state index in [1.807, 2.05) is 0 Å². The van der Waals surface area contributed by atoms with Gasteiger partial charge in [-0.05, 0) is 24.6 Å². The SMILES string of the molecule is CCN(CC)S(=O)(=O)c1cc(N)cc(C)c1F. The van der Waals surface area contributed by atoms with E-state index in [1.54, 1.807) is 13.8 Å². The summed E-state index contributed by atoms with van der Waals surface area (Å²) in [4.78, 5) is -0.348. The van der Waals surface area contributed by atoms with Crippen molar-refractivity contribution in [3.63, 3.8) is 0 Å². The average Bonchev–Trinajstić information content (AvgIpc) is 2.24. The summed E-state index contributed by atoms with van der Waals surface area (Å²) in [5.74, 6) is -0.730. The Kier molecular flexibility index (Phi) is 4.11. The summed E-state index contributed by atoms with van der Waals surface area (Å²) in [7, 11) is -3.80. The molecule has 1 aromatic rings. The number of nitrogens with two attached hydrogens (primary N) is 1. The van der Waals surface area contributed by atoms with Crippen LogP contribution in [0.25, 0.3) is 0 Å². The van der Waals surface area contributed by atoms with Gasteiger partial charge in [0.2, 0.25) is 10.0 Å². The Labute approximate surface area is 101 Å². The maximum Gasteiger partial charge on any atom is 0.246 e. The van der Waals surface area contributed by atoms with E-state index in [0.29, 0.717) is 13.1 Å². The number of nitrogen functional groups attached to an aromatic ring is 1. The molecule has 2 N–H and O–H groups in total. The molecule has 0 saturated carbocycles. The lowest BCUT2D eigenvalue weighted by atomic mass is 10.2. The first-order valence-corrected chi connectivity index (χ1v) is 6.84. The van der Waals surface area contributed by atoms with Crippen LogP contribution in [0.1, 0.15) is 19.4 Å². The standard InChI is InChI=1S/C11H17FN2O2S/c1-4-14(5-2)17(15,16)10-7-9(13)6-8(3)11(10)12/h6-7H,4-5,13H2,1-3H3. The Hall–Kier alpha value is -1.14. The summed E-state index contributed by atoms with van der Waals surface area (Å²) < 4.78 is 39.3. The number of sulfonamides is 1. The largest absolute Gasteiger partial charge is 0.399 e. The predicted octanol–water partition coefficient (Wildman–Crippen LogP) is 1.75. The highest BCUT2D eigenvalue weighted by molar-refractivity contribution is 7.89. The van der Waals surface area contributed by atoms with Gasteiger partial charge in [-0.2, -0.15) is 4.31 Å². The first kappa shape index (κ1) is 13.9. The minimum atomic E-state index is -3.80. The molecule has 1 rings (SSSR count). The maximum atomic E-state index is 13.8. The Morgan fingerprint density at radius 2 is 1.82 bits per heavy atom. The molecule has 0 aliphatic rings. The van der Waals surface area contributed by atoms with Gasteiger partial charge in [0.1, 0.15) is 10.7 Å². The van der Waals surface area contributed by atoms with Crippen molar-refractivity contribution in [2.24, 2.45) is 0 Å². The van der Waals surface area contributed by atoms with Gasteiger partial charge in [0.25, 0.3) is 0 Å². The second kappa shape index (κ2) is 5.01. The normalized spacial score (nSPS) is 12.1. The van der Waals surface area contributed by atoms with Crippen LogP contribution < -0.4 is 5.73 Å². The molecule has 0 fully saturated rings. The van der Waals surface area contributed by atoms with Crippen molar-refractivity contribution in [3.8, 4) is 0 Å². The number of hydrogen-bond acceptors (Lipinski definition) is 3. The van der Waals surface area contributed by atoms with Crippen molar-refractivity contribution in [2.75, 3.05) is 18.8 Å². The first-order valence-electron chi connectivity index (χ1n) is 5.40. The molecule has 0 saturated heterocycles. The summed E-state index contributed by atoms with van der Waals surface area (Å²) in [6.07, 6.45) is 0. The van der Waals surface area contributed by atoms with Gasteiger partial charge in [-0.15, -0.1) is 0 Å². The van der Waals surface area contributed by atoms with E-state index >= 15 is 0 Å². The molecular formula is C11H17FN2O2S. The molecule has 0 bridgehead atoms. The summed E-state index contributed by atoms with van der Waals surface area (Å²) in [5.41, 5.74) is 6.04. The summed E-state index contributed by atoms with van der Waals surface area (Å²) in [5, 5.41) is 0. The lowest BCUT2D eigenvalue weighted by Crippen LogP contribution is -2.31. The van der Waals surface area contributed by atoms with E-state index in [2.05, 4.69) is 0 Å². The summed E-state index contributed by atoms with van der Waals surface area (Å²) >= 11 is 0. The molecule has 1 aromatic carbocycles. The average molecular weight is 260 g/mol. The number of anilines is 1. The lowest BCUT2D eigenvalue weighted by molar-refractivity contribution is 0.439. The van der Waals surface area contributed by atoms with E-state index in [1.165, 1.54) is 17.3 Å². The van der Waals surface area contributed by atoms with Gasteiger partial charge >= 0.3 is 0 Å². The molecule has 0 spiro atoms. The Morgan fingerprint density at radius 1 is 1.29 bits per heavy atom. The van der Waals surface area contributed by atoms with Gasteiger partial charge in [-0.3, -0.25) is 0 Å². The zero-order chi connectivity index (χ0) is 13.2. The van der Waals surface area contributed by atoms with Gasteiger partial charge in [-0.25, -0.2) is 12.8 Å². The zero-order valence-electron chi connectivity index (χ0n) is 10.2. The van der Waals surface area contributed by atoms with Gasteiger partial charge in [0.05, 0.1) is 0 Å². The van der Waals surface area contributed by atoms with E-state index in [0.717, 1.165) is 6.07 Å². The number of aryl methyl sites for hydroxylation is 1. The Balaban J connectivity index is 3.43. The fourth-order valence-electron chi connectivity index (χ4n) is 1.65. The van der Waals surface area contributed by atoms with E-state index in [4.69, 9.17) is 5.73 Å². The highest BCUT2D eigenvalue weighted by atomic mass is 32.2. The highest BCUT2D eigenvalue weighted by Crippen LogP contribution is 2.24. The Bertz CT molecular complexity index is 510. The molecule has 96 valence electrons. The quantitative estimate of drug-likeness (QED) is 0.839. The van der Waals surface area contributed by atoms with Crippen molar-refractivity contribution in [3.05, 3.63) is 23.5 Å². The third kappa shape index (κ3) is 2.58. The van der Waals surface area contributed by atoms with Crippen LogP contribution in [0.2, 0.25) is 0 Å². The molecule has 0 aromatic heterocycles. The smallest absolute Gasteiger partial charge is 0.246 e. The number of halogens is 1. The number of rotatable bonds is 4. The van der Waals surface area contributed by atoms with Crippen LogP contribution >= 0.6 is 0 Å². The topological polar surface area (TPSA) is 63.4 Å². The molecule has 17 heavy (non-hydrogen) atoms. The van der Waals surface area contributed by atoms with Gasteiger partial charge in [0, 0.05) is 18.8 Å². The molecule has 0 radical (unpaired) electrons. The summed E-state index contributed by atoms with van der Waals surface area (Å²) in [6.45, 7) is 5.50. The molecular weight excluding hydrogens is 243 g/mol. The van der Waals surface area contributed by atoms with E-state index < -0.39 is 15.8 Å². The van der Waals surface area contributed by atoms with E-state index in [-0.39, 0.29) is 16.1 Å². The second-order valence-corrected chi connectivity index (χ2v) is 5.65. The molecule has 0 atom stereocenters. The predicted molar refractivity (Wildman–Crippen MR) is 65.7 cm³/mol. The van der Waals surface area contributed by atoms with Gasteiger partial charge < -0.3 is 5.73 Å². The first-order chi connectivity index (χ1) is 7.84. The zero-order valence-corrected chi connectivity index (χ0v) is 11.0. The van der Waals surface area contributed by atoms with Crippen LogP contribution in [0, 0.1) is 12.7 Å². The maximum absolute atomic E-state index is 13.8. The molecule has 4 nitrogen and oxygen atoms in total. The third-order valence-electron chi connectivity index (χ3n) is 2.57. The molecule has 0 aliphatic carbocycles. The van der Waals surface area contributed by atoms with Crippen LogP contribution in [-0.2, 0) is 10.0 Å². The fourth-order valence-corrected chi connectivity index (χ4v) is 3.28. The van der Waals surface area contributed by atoms with Crippen LogP contribution in [0.15, 0.2) is 17.0 Å². The Morgan fingerprint density at radius 3 is 2.29 bits per heavy atom. The minimum absolute atomic E-state index is 0.232. The number of nitrogens with zero attached hydrogens (tertiary/aromatic N) is 1. The minimum Gasteiger partial charge on any atom is -0.399 e. The molecule has 0 heterocycles. The van der Waals surface area contributed by atoms with Crippen LogP contribution in [-0.4, -0.2) is 25.8 Å². The van der Waals surface area contributed by atoms with Gasteiger partial charge in [0.15, 0.2) is 0 Å². The lowest BCUT2D eigenvalue weighted by Gasteiger charge is -2.19. The van der Waals surface area contributed by atoms with Crippen molar-refractivity contribution in [2.45, 2.75) is 25.7 Å². The number of hydrogen-bond donors (Lipinski definition) is 1. The van der Waals surface area contributed by atoms with Crippen LogP contribution in [0.5, 0.6) is 0 Å². The van der Waals surface area contributed by atoms with Crippen molar-refractivity contribution in [1.29, 1.82) is 0 Å².